The molecule has 4 rings (SSSR count). The smallest absolute Gasteiger partial charge is 0.150 e. The van der Waals surface area contributed by atoms with E-state index in [0.717, 1.165) is 18.4 Å². The summed E-state index contributed by atoms with van der Waals surface area (Å²) in [6.45, 7) is 0. The third kappa shape index (κ3) is 2.18. The summed E-state index contributed by atoms with van der Waals surface area (Å²) in [5.74, 6) is 0.543. The number of halogens is 1. The Labute approximate surface area is 130 Å². The molecule has 110 valence electrons. The van der Waals surface area contributed by atoms with Crippen LogP contribution >= 0.6 is 11.6 Å². The minimum Gasteiger partial charge on any atom is -0.229 e. The van der Waals surface area contributed by atoms with E-state index in [2.05, 4.69) is 30.3 Å². The first-order valence-electron chi connectivity index (χ1n) is 7.43. The third-order valence-electron chi connectivity index (χ3n) is 4.89. The minimum absolute atomic E-state index is 0.0372. The van der Waals surface area contributed by atoms with Crippen molar-refractivity contribution in [3.05, 3.63) is 47.0 Å². The highest BCUT2D eigenvalue weighted by Crippen LogP contribution is 2.42. The van der Waals surface area contributed by atoms with Crippen LogP contribution in [0.1, 0.15) is 28.5 Å². The van der Waals surface area contributed by atoms with Crippen molar-refractivity contribution in [3.63, 3.8) is 0 Å². The van der Waals surface area contributed by atoms with E-state index in [0.29, 0.717) is 6.42 Å². The van der Waals surface area contributed by atoms with Crippen molar-refractivity contribution in [1.29, 1.82) is 0 Å². The van der Waals surface area contributed by atoms with Crippen LogP contribution in [0.15, 0.2) is 30.3 Å². The van der Waals surface area contributed by atoms with Gasteiger partial charge in [-0.2, -0.15) is 0 Å². The van der Waals surface area contributed by atoms with Crippen LogP contribution < -0.4 is 0 Å². The highest BCUT2D eigenvalue weighted by molar-refractivity contribution is 7.91. The van der Waals surface area contributed by atoms with Crippen LogP contribution in [0.5, 0.6) is 0 Å². The molecule has 1 heterocycles. The van der Waals surface area contributed by atoms with Crippen molar-refractivity contribution in [1.82, 2.24) is 0 Å². The largest absolute Gasteiger partial charge is 0.229 e. The molecule has 0 saturated carbocycles. The molecule has 0 N–H and O–H groups in total. The van der Waals surface area contributed by atoms with Gasteiger partial charge < -0.3 is 0 Å². The molecule has 21 heavy (non-hydrogen) atoms. The van der Waals surface area contributed by atoms with Gasteiger partial charge in [-0.05, 0) is 52.6 Å². The SMILES string of the molecule is O=S1(=O)CCC(C(Cl)c2ccc3c4c(cccc24)CC3)C1. The standard InChI is InChI=1S/C17H17ClO2S/c18-17(13-8-9-21(19,20)10-13)15-7-6-12-5-4-11-2-1-3-14(15)16(11)12/h1-3,6-7,13,17H,4-5,8-10H2. The zero-order valence-corrected chi connectivity index (χ0v) is 13.3. The summed E-state index contributed by atoms with van der Waals surface area (Å²) in [5, 5.41) is 2.35. The molecule has 0 radical (unpaired) electrons. The summed E-state index contributed by atoms with van der Waals surface area (Å²) in [6.07, 6.45) is 2.88. The summed E-state index contributed by atoms with van der Waals surface area (Å²) < 4.78 is 23.4. The zero-order chi connectivity index (χ0) is 14.6. The van der Waals surface area contributed by atoms with Gasteiger partial charge in [0.1, 0.15) is 0 Å². The molecule has 2 atom stereocenters. The predicted molar refractivity (Wildman–Crippen MR) is 86.7 cm³/mol. The second-order valence-electron chi connectivity index (χ2n) is 6.22. The molecule has 0 spiro atoms. The van der Waals surface area contributed by atoms with Crippen LogP contribution in [0, 0.1) is 5.92 Å². The van der Waals surface area contributed by atoms with Gasteiger partial charge in [0.2, 0.25) is 0 Å². The number of alkyl halides is 1. The van der Waals surface area contributed by atoms with E-state index < -0.39 is 9.84 Å². The number of benzene rings is 2. The second-order valence-corrected chi connectivity index (χ2v) is 8.92. The lowest BCUT2D eigenvalue weighted by Gasteiger charge is -2.19. The van der Waals surface area contributed by atoms with Crippen molar-refractivity contribution in [2.75, 3.05) is 11.5 Å². The highest BCUT2D eigenvalue weighted by atomic mass is 35.5. The molecular formula is C17H17ClO2S. The zero-order valence-electron chi connectivity index (χ0n) is 11.7. The Kier molecular flexibility index (Phi) is 3.05. The Morgan fingerprint density at radius 1 is 1.10 bits per heavy atom. The second kappa shape index (κ2) is 4.72. The number of hydrogen-bond donors (Lipinski definition) is 0. The van der Waals surface area contributed by atoms with Crippen molar-refractivity contribution < 1.29 is 8.42 Å². The van der Waals surface area contributed by atoms with Gasteiger partial charge in [0.25, 0.3) is 0 Å². The lowest BCUT2D eigenvalue weighted by Crippen LogP contribution is -2.11. The molecule has 1 saturated heterocycles. The van der Waals surface area contributed by atoms with Gasteiger partial charge in [-0.3, -0.25) is 0 Å². The van der Waals surface area contributed by atoms with E-state index in [9.17, 15) is 8.42 Å². The predicted octanol–water partition coefficient (Wildman–Crippen LogP) is 3.65. The monoisotopic (exact) mass is 320 g/mol. The van der Waals surface area contributed by atoms with Gasteiger partial charge in [-0.15, -0.1) is 11.6 Å². The average Bonchev–Trinajstić information content (AvgIpc) is 3.04. The molecule has 1 aliphatic heterocycles. The molecule has 0 bridgehead atoms. The van der Waals surface area contributed by atoms with E-state index in [1.165, 1.54) is 21.9 Å². The maximum atomic E-state index is 11.7. The summed E-state index contributed by atoms with van der Waals surface area (Å²) in [5.41, 5.74) is 3.89. The van der Waals surface area contributed by atoms with Crippen LogP contribution in [0.25, 0.3) is 10.8 Å². The van der Waals surface area contributed by atoms with Gasteiger partial charge >= 0.3 is 0 Å². The third-order valence-corrected chi connectivity index (χ3v) is 7.27. The van der Waals surface area contributed by atoms with Gasteiger partial charge in [0.15, 0.2) is 9.84 Å². The normalized spacial score (nSPS) is 24.5. The molecular weight excluding hydrogens is 304 g/mol. The van der Waals surface area contributed by atoms with Crippen LogP contribution in [0.3, 0.4) is 0 Å². The molecule has 1 fully saturated rings. The maximum absolute atomic E-state index is 11.7. The first kappa shape index (κ1) is 13.6. The first-order valence-corrected chi connectivity index (χ1v) is 9.69. The minimum atomic E-state index is -2.89. The van der Waals surface area contributed by atoms with Crippen LogP contribution in [-0.4, -0.2) is 19.9 Å². The van der Waals surface area contributed by atoms with E-state index in [1.54, 1.807) is 0 Å². The lowest BCUT2D eigenvalue weighted by molar-refractivity contribution is 0.570. The van der Waals surface area contributed by atoms with E-state index in [1.807, 2.05) is 0 Å². The fourth-order valence-corrected chi connectivity index (χ4v) is 6.17. The van der Waals surface area contributed by atoms with E-state index in [-0.39, 0.29) is 22.8 Å². The van der Waals surface area contributed by atoms with Crippen molar-refractivity contribution in [3.8, 4) is 0 Å². The van der Waals surface area contributed by atoms with Crippen molar-refractivity contribution in [2.45, 2.75) is 24.6 Å². The van der Waals surface area contributed by atoms with Gasteiger partial charge in [0, 0.05) is 0 Å². The fourth-order valence-electron chi connectivity index (χ4n) is 3.82. The molecule has 2 nitrogen and oxygen atoms in total. The first-order chi connectivity index (χ1) is 10.1. The molecule has 2 unspecified atom stereocenters. The summed E-state index contributed by atoms with van der Waals surface area (Å²) >= 11 is 6.68. The average molecular weight is 321 g/mol. The number of aryl methyl sites for hydroxylation is 2. The topological polar surface area (TPSA) is 34.1 Å². The Bertz CT molecular complexity index is 816. The quantitative estimate of drug-likeness (QED) is 0.791. The van der Waals surface area contributed by atoms with Crippen molar-refractivity contribution >= 4 is 32.2 Å². The number of rotatable bonds is 2. The molecule has 2 aliphatic rings. The molecule has 0 amide bonds. The fraction of sp³-hybridized carbons (Fsp3) is 0.412. The Hall–Kier alpha value is -1.06. The summed E-state index contributed by atoms with van der Waals surface area (Å²) in [6, 6.07) is 10.7. The molecule has 1 aliphatic carbocycles. The summed E-state index contributed by atoms with van der Waals surface area (Å²) in [7, 11) is -2.89. The number of sulfone groups is 1. The van der Waals surface area contributed by atoms with E-state index in [4.69, 9.17) is 11.6 Å². The van der Waals surface area contributed by atoms with E-state index >= 15 is 0 Å². The van der Waals surface area contributed by atoms with Crippen LogP contribution in [-0.2, 0) is 22.7 Å². The molecule has 2 aromatic carbocycles. The highest BCUT2D eigenvalue weighted by Gasteiger charge is 2.34. The van der Waals surface area contributed by atoms with Crippen molar-refractivity contribution in [2.24, 2.45) is 5.92 Å². The summed E-state index contributed by atoms with van der Waals surface area (Å²) in [4.78, 5) is 0. The molecule has 4 heteroatoms. The van der Waals surface area contributed by atoms with Gasteiger partial charge in [-0.1, -0.05) is 30.3 Å². The van der Waals surface area contributed by atoms with Crippen LogP contribution in [0.4, 0.5) is 0 Å². The van der Waals surface area contributed by atoms with Crippen LogP contribution in [0.2, 0.25) is 0 Å². The number of hydrogen-bond acceptors (Lipinski definition) is 2. The van der Waals surface area contributed by atoms with Gasteiger partial charge in [-0.25, -0.2) is 8.42 Å². The molecule has 0 aromatic heterocycles. The van der Waals surface area contributed by atoms with Gasteiger partial charge in [0.05, 0.1) is 16.9 Å². The maximum Gasteiger partial charge on any atom is 0.150 e. The Morgan fingerprint density at radius 3 is 2.57 bits per heavy atom. The lowest BCUT2D eigenvalue weighted by atomic mass is 9.92. The Balaban J connectivity index is 1.81. The Morgan fingerprint density at radius 2 is 1.86 bits per heavy atom. The molecule has 2 aromatic rings.